The van der Waals surface area contributed by atoms with Gasteiger partial charge in [0, 0.05) is 12.6 Å². The van der Waals surface area contributed by atoms with Crippen LogP contribution in [0.3, 0.4) is 0 Å². The molecule has 15 heavy (non-hydrogen) atoms. The number of nitrogens with two attached hydrogens (primary N) is 1. The highest BCUT2D eigenvalue weighted by atomic mass is 32.2. The zero-order chi connectivity index (χ0) is 11.5. The van der Waals surface area contributed by atoms with E-state index in [1.807, 2.05) is 6.92 Å². The van der Waals surface area contributed by atoms with Crippen molar-refractivity contribution >= 4 is 10.0 Å². The first-order valence-electron chi connectivity index (χ1n) is 4.72. The van der Waals surface area contributed by atoms with E-state index >= 15 is 0 Å². The normalized spacial score (nSPS) is 14.1. The molecule has 0 spiro atoms. The van der Waals surface area contributed by atoms with E-state index in [1.54, 1.807) is 6.92 Å². The summed E-state index contributed by atoms with van der Waals surface area (Å²) in [5.41, 5.74) is 6.14. The Hall–Kier alpha value is -0.920. The molecule has 0 radical (unpaired) electrons. The predicted octanol–water partition coefficient (Wildman–Crippen LogP) is -0.266. The fourth-order valence-electron chi connectivity index (χ4n) is 1.05. The number of H-pyrrole nitrogens is 1. The quantitative estimate of drug-likeness (QED) is 0.650. The van der Waals surface area contributed by atoms with Gasteiger partial charge in [0.2, 0.25) is 10.0 Å². The lowest BCUT2D eigenvalue weighted by Crippen LogP contribution is -2.36. The summed E-state index contributed by atoms with van der Waals surface area (Å²) in [6, 6.07) is -0.160. The van der Waals surface area contributed by atoms with Crippen LogP contribution in [-0.2, 0) is 10.0 Å². The lowest BCUT2D eigenvalue weighted by Gasteiger charge is -2.10. The van der Waals surface area contributed by atoms with E-state index in [4.69, 9.17) is 5.73 Å². The second-order valence-corrected chi connectivity index (χ2v) is 5.11. The van der Waals surface area contributed by atoms with Crippen molar-refractivity contribution in [1.29, 1.82) is 0 Å². The maximum absolute atomic E-state index is 11.7. The summed E-state index contributed by atoms with van der Waals surface area (Å²) < 4.78 is 25.9. The summed E-state index contributed by atoms with van der Waals surface area (Å²) >= 11 is 0. The van der Waals surface area contributed by atoms with Crippen molar-refractivity contribution in [2.75, 3.05) is 6.54 Å². The molecule has 0 aromatic carbocycles. The van der Waals surface area contributed by atoms with Crippen molar-refractivity contribution in [3.05, 3.63) is 11.9 Å². The number of sulfonamides is 1. The molecule has 0 amide bonds. The maximum Gasteiger partial charge on any atom is 0.244 e. The number of hydrogen-bond acceptors (Lipinski definition) is 4. The first-order chi connectivity index (χ1) is 6.97. The first-order valence-corrected chi connectivity index (χ1v) is 6.21. The Morgan fingerprint density at radius 1 is 1.67 bits per heavy atom. The van der Waals surface area contributed by atoms with Crippen LogP contribution in [-0.4, -0.2) is 31.2 Å². The smallest absolute Gasteiger partial charge is 0.244 e. The third-order valence-corrected chi connectivity index (χ3v) is 3.67. The number of aromatic amines is 1. The Bertz CT molecular complexity index is 412. The average Bonchev–Trinajstić information content (AvgIpc) is 2.61. The van der Waals surface area contributed by atoms with Crippen molar-refractivity contribution in [2.45, 2.75) is 31.2 Å². The number of aromatic nitrogens is 2. The Morgan fingerprint density at radius 3 is 2.80 bits per heavy atom. The summed E-state index contributed by atoms with van der Waals surface area (Å²) in [6.07, 6.45) is 2.02. The minimum atomic E-state index is -3.48. The van der Waals surface area contributed by atoms with Gasteiger partial charge in [-0.05, 0) is 13.3 Å². The van der Waals surface area contributed by atoms with Gasteiger partial charge in [-0.3, -0.25) is 5.10 Å². The Labute approximate surface area is 89.3 Å². The third-order valence-electron chi connectivity index (χ3n) is 2.13. The standard InChI is InChI=1S/C8H16N4O2S/c1-3-7(9)4-11-15(13,14)8-5-10-12-6(8)2/h5,7,11H,3-4,9H2,1-2H3,(H,10,12). The van der Waals surface area contributed by atoms with Crippen molar-refractivity contribution in [1.82, 2.24) is 14.9 Å². The number of rotatable bonds is 5. The van der Waals surface area contributed by atoms with E-state index in [9.17, 15) is 8.42 Å². The van der Waals surface area contributed by atoms with Gasteiger partial charge in [0.1, 0.15) is 4.90 Å². The lowest BCUT2D eigenvalue weighted by atomic mass is 10.2. The predicted molar refractivity (Wildman–Crippen MR) is 56.8 cm³/mol. The molecule has 1 heterocycles. The average molecular weight is 232 g/mol. The zero-order valence-corrected chi connectivity index (χ0v) is 9.63. The largest absolute Gasteiger partial charge is 0.327 e. The van der Waals surface area contributed by atoms with Crippen LogP contribution in [0.15, 0.2) is 11.1 Å². The van der Waals surface area contributed by atoms with Crippen LogP contribution < -0.4 is 10.5 Å². The van der Waals surface area contributed by atoms with Crippen LogP contribution in [0.5, 0.6) is 0 Å². The van der Waals surface area contributed by atoms with Crippen molar-refractivity contribution in [2.24, 2.45) is 5.73 Å². The van der Waals surface area contributed by atoms with Crippen molar-refractivity contribution in [3.8, 4) is 0 Å². The van der Waals surface area contributed by atoms with E-state index in [0.29, 0.717) is 5.69 Å². The third kappa shape index (κ3) is 3.01. The van der Waals surface area contributed by atoms with Gasteiger partial charge in [-0.2, -0.15) is 5.10 Å². The van der Waals surface area contributed by atoms with Gasteiger partial charge in [0.05, 0.1) is 11.9 Å². The summed E-state index contributed by atoms with van der Waals surface area (Å²) in [5, 5.41) is 6.24. The molecule has 0 saturated heterocycles. The maximum atomic E-state index is 11.7. The van der Waals surface area contributed by atoms with Gasteiger partial charge in [0.25, 0.3) is 0 Å². The van der Waals surface area contributed by atoms with E-state index < -0.39 is 10.0 Å². The molecule has 1 aromatic rings. The molecule has 0 bridgehead atoms. The molecule has 0 aliphatic rings. The molecule has 0 aliphatic carbocycles. The summed E-state index contributed by atoms with van der Waals surface area (Å²) in [5.74, 6) is 0. The second-order valence-electron chi connectivity index (χ2n) is 3.38. The van der Waals surface area contributed by atoms with E-state index in [0.717, 1.165) is 6.42 Å². The van der Waals surface area contributed by atoms with Crippen LogP contribution in [0, 0.1) is 6.92 Å². The number of nitrogens with one attached hydrogen (secondary N) is 2. The fraction of sp³-hybridized carbons (Fsp3) is 0.625. The SMILES string of the molecule is CCC(N)CNS(=O)(=O)c1cn[nH]c1C. The van der Waals surface area contributed by atoms with Crippen LogP contribution in [0.4, 0.5) is 0 Å². The van der Waals surface area contributed by atoms with Gasteiger partial charge in [-0.1, -0.05) is 6.92 Å². The number of nitrogens with zero attached hydrogens (tertiary/aromatic N) is 1. The van der Waals surface area contributed by atoms with Crippen molar-refractivity contribution < 1.29 is 8.42 Å². The number of hydrogen-bond donors (Lipinski definition) is 3. The Balaban J connectivity index is 2.73. The molecular weight excluding hydrogens is 216 g/mol. The molecule has 4 N–H and O–H groups in total. The molecule has 0 aliphatic heterocycles. The van der Waals surface area contributed by atoms with E-state index in [2.05, 4.69) is 14.9 Å². The van der Waals surface area contributed by atoms with Gasteiger partial charge < -0.3 is 5.73 Å². The van der Waals surface area contributed by atoms with Gasteiger partial charge >= 0.3 is 0 Å². The highest BCUT2D eigenvalue weighted by molar-refractivity contribution is 7.89. The van der Waals surface area contributed by atoms with Crippen LogP contribution in [0.2, 0.25) is 0 Å². The molecular formula is C8H16N4O2S. The topological polar surface area (TPSA) is 101 Å². The molecule has 7 heteroatoms. The summed E-state index contributed by atoms with van der Waals surface area (Å²) in [7, 11) is -3.48. The van der Waals surface area contributed by atoms with E-state index in [-0.39, 0.29) is 17.5 Å². The van der Waals surface area contributed by atoms with Crippen molar-refractivity contribution in [3.63, 3.8) is 0 Å². The van der Waals surface area contributed by atoms with Gasteiger partial charge in [-0.25, -0.2) is 13.1 Å². The van der Waals surface area contributed by atoms with E-state index in [1.165, 1.54) is 6.20 Å². The summed E-state index contributed by atoms with van der Waals surface area (Å²) in [6.45, 7) is 3.80. The Morgan fingerprint density at radius 2 is 2.33 bits per heavy atom. The fourth-order valence-corrected chi connectivity index (χ4v) is 2.28. The summed E-state index contributed by atoms with van der Waals surface area (Å²) in [4.78, 5) is 0.172. The minimum Gasteiger partial charge on any atom is -0.327 e. The van der Waals surface area contributed by atoms with Crippen LogP contribution >= 0.6 is 0 Å². The van der Waals surface area contributed by atoms with Gasteiger partial charge in [0.15, 0.2) is 0 Å². The highest BCUT2D eigenvalue weighted by Gasteiger charge is 2.18. The first kappa shape index (κ1) is 12.2. The number of aryl methyl sites for hydroxylation is 1. The van der Waals surface area contributed by atoms with Crippen LogP contribution in [0.25, 0.3) is 0 Å². The lowest BCUT2D eigenvalue weighted by molar-refractivity contribution is 0.563. The molecule has 0 saturated carbocycles. The molecule has 1 unspecified atom stereocenters. The minimum absolute atomic E-state index is 0.160. The highest BCUT2D eigenvalue weighted by Crippen LogP contribution is 2.10. The Kier molecular flexibility index (Phi) is 3.83. The monoisotopic (exact) mass is 232 g/mol. The second kappa shape index (κ2) is 4.73. The molecule has 86 valence electrons. The molecule has 6 nitrogen and oxygen atoms in total. The molecule has 1 aromatic heterocycles. The van der Waals surface area contributed by atoms with Crippen LogP contribution in [0.1, 0.15) is 19.0 Å². The molecule has 0 fully saturated rings. The van der Waals surface area contributed by atoms with Gasteiger partial charge in [-0.15, -0.1) is 0 Å². The zero-order valence-electron chi connectivity index (χ0n) is 8.82. The molecule has 1 atom stereocenters. The molecule has 1 rings (SSSR count).